The highest BCUT2D eigenvalue weighted by Crippen LogP contribution is 2.17. The number of nitrogen functional groups attached to an aromatic ring is 1. The highest BCUT2D eigenvalue weighted by molar-refractivity contribution is 5.92. The number of likely N-dealkylation sites (N-methyl/N-ethyl adjacent to an activating group) is 1. The van der Waals surface area contributed by atoms with Crippen molar-refractivity contribution < 1.29 is 13.9 Å². The van der Waals surface area contributed by atoms with Gasteiger partial charge in [-0.2, -0.15) is 0 Å². The molecule has 5 nitrogen and oxygen atoms in total. The number of halogens is 1. The predicted octanol–water partition coefficient (Wildman–Crippen LogP) is 0.925. The molecule has 0 saturated heterocycles. The van der Waals surface area contributed by atoms with Gasteiger partial charge in [-0.15, -0.1) is 0 Å². The lowest BCUT2D eigenvalue weighted by molar-refractivity contribution is -0.117. The molecule has 1 aromatic rings. The highest BCUT2D eigenvalue weighted by Gasteiger charge is 2.09. The van der Waals surface area contributed by atoms with Crippen LogP contribution < -0.4 is 11.1 Å². The Labute approximate surface area is 106 Å². The molecule has 0 radical (unpaired) electrons. The van der Waals surface area contributed by atoms with Crippen LogP contribution in [0.5, 0.6) is 0 Å². The minimum Gasteiger partial charge on any atom is -0.399 e. The zero-order valence-electron chi connectivity index (χ0n) is 10.6. The topological polar surface area (TPSA) is 67.6 Å². The lowest BCUT2D eigenvalue weighted by Gasteiger charge is -2.15. The maximum atomic E-state index is 13.4. The molecule has 1 amide bonds. The molecule has 0 aliphatic carbocycles. The number of nitrogens with zero attached hydrogens (tertiary/aromatic N) is 1. The second kappa shape index (κ2) is 6.93. The summed E-state index contributed by atoms with van der Waals surface area (Å²) < 4.78 is 18.3. The molecule has 6 heteroatoms. The van der Waals surface area contributed by atoms with E-state index in [1.807, 2.05) is 0 Å². The molecule has 0 unspecified atom stereocenters. The molecule has 0 aliphatic heterocycles. The Hall–Kier alpha value is -1.66. The van der Waals surface area contributed by atoms with Crippen molar-refractivity contribution in [2.24, 2.45) is 0 Å². The van der Waals surface area contributed by atoms with Gasteiger partial charge in [-0.25, -0.2) is 4.39 Å². The summed E-state index contributed by atoms with van der Waals surface area (Å²) in [4.78, 5) is 13.4. The van der Waals surface area contributed by atoms with Gasteiger partial charge in [-0.1, -0.05) is 0 Å². The third-order valence-electron chi connectivity index (χ3n) is 2.36. The van der Waals surface area contributed by atoms with Gasteiger partial charge in [0.1, 0.15) is 5.82 Å². The average Bonchev–Trinajstić information content (AvgIpc) is 2.31. The number of anilines is 2. The van der Waals surface area contributed by atoms with Crippen molar-refractivity contribution in [2.45, 2.75) is 0 Å². The van der Waals surface area contributed by atoms with Crippen molar-refractivity contribution in [1.29, 1.82) is 0 Å². The molecule has 0 atom stereocenters. The fourth-order valence-corrected chi connectivity index (χ4v) is 1.40. The number of amides is 1. The van der Waals surface area contributed by atoms with Crippen LogP contribution in [0, 0.1) is 5.82 Å². The van der Waals surface area contributed by atoms with Crippen LogP contribution in [-0.4, -0.2) is 44.7 Å². The number of ether oxygens (including phenoxy) is 1. The Kier molecular flexibility index (Phi) is 5.54. The second-order valence-corrected chi connectivity index (χ2v) is 4.02. The van der Waals surface area contributed by atoms with Gasteiger partial charge in [0.2, 0.25) is 5.91 Å². The molecule has 0 bridgehead atoms. The van der Waals surface area contributed by atoms with Crippen molar-refractivity contribution in [2.75, 3.05) is 44.9 Å². The predicted molar refractivity (Wildman–Crippen MR) is 68.8 cm³/mol. The zero-order valence-corrected chi connectivity index (χ0v) is 10.6. The van der Waals surface area contributed by atoms with Gasteiger partial charge < -0.3 is 15.8 Å². The number of nitrogens with one attached hydrogen (secondary N) is 1. The van der Waals surface area contributed by atoms with E-state index in [1.165, 1.54) is 18.2 Å². The van der Waals surface area contributed by atoms with Crippen molar-refractivity contribution in [3.63, 3.8) is 0 Å². The van der Waals surface area contributed by atoms with E-state index in [2.05, 4.69) is 5.32 Å². The van der Waals surface area contributed by atoms with Crippen LogP contribution >= 0.6 is 0 Å². The quantitative estimate of drug-likeness (QED) is 0.742. The molecular formula is C12H18FN3O2. The normalized spacial score (nSPS) is 10.7. The summed E-state index contributed by atoms with van der Waals surface area (Å²) in [5.74, 6) is -0.796. The highest BCUT2D eigenvalue weighted by atomic mass is 19.1. The molecule has 0 saturated carbocycles. The molecule has 18 heavy (non-hydrogen) atoms. The summed E-state index contributed by atoms with van der Waals surface area (Å²) in [6, 6.07) is 4.05. The molecule has 0 aliphatic rings. The summed E-state index contributed by atoms with van der Waals surface area (Å²) >= 11 is 0. The molecule has 0 spiro atoms. The summed E-state index contributed by atoms with van der Waals surface area (Å²) in [6.07, 6.45) is 0. The first kappa shape index (κ1) is 14.4. The molecule has 100 valence electrons. The third-order valence-corrected chi connectivity index (χ3v) is 2.36. The van der Waals surface area contributed by atoms with E-state index in [0.29, 0.717) is 18.8 Å². The lowest BCUT2D eigenvalue weighted by atomic mass is 10.2. The average molecular weight is 255 g/mol. The Morgan fingerprint density at radius 1 is 1.56 bits per heavy atom. The smallest absolute Gasteiger partial charge is 0.238 e. The van der Waals surface area contributed by atoms with Crippen LogP contribution in [0.4, 0.5) is 15.8 Å². The molecule has 0 fully saturated rings. The number of carbonyl (C=O) groups is 1. The number of benzene rings is 1. The molecule has 3 N–H and O–H groups in total. The largest absolute Gasteiger partial charge is 0.399 e. The SMILES string of the molecule is COCCN(C)CC(=O)Nc1cc(N)ccc1F. The molecule has 0 aromatic heterocycles. The van der Waals surface area contributed by atoms with Crippen molar-refractivity contribution in [3.8, 4) is 0 Å². The molecule has 1 rings (SSSR count). The van der Waals surface area contributed by atoms with E-state index in [9.17, 15) is 9.18 Å². The number of methoxy groups -OCH3 is 1. The first-order valence-electron chi connectivity index (χ1n) is 5.55. The maximum absolute atomic E-state index is 13.4. The number of rotatable bonds is 6. The summed E-state index contributed by atoms with van der Waals surface area (Å²) in [7, 11) is 3.38. The number of hydrogen-bond acceptors (Lipinski definition) is 4. The second-order valence-electron chi connectivity index (χ2n) is 4.02. The summed E-state index contributed by atoms with van der Waals surface area (Å²) in [6.45, 7) is 1.33. The number of carbonyl (C=O) groups excluding carboxylic acids is 1. The van der Waals surface area contributed by atoms with E-state index >= 15 is 0 Å². The van der Waals surface area contributed by atoms with Gasteiger partial charge in [0.25, 0.3) is 0 Å². The van der Waals surface area contributed by atoms with Crippen LogP contribution in [0.1, 0.15) is 0 Å². The Balaban J connectivity index is 2.51. The van der Waals surface area contributed by atoms with Crippen molar-refractivity contribution >= 4 is 17.3 Å². The summed E-state index contributed by atoms with van der Waals surface area (Å²) in [5.41, 5.74) is 6.02. The van der Waals surface area contributed by atoms with E-state index in [1.54, 1.807) is 19.1 Å². The van der Waals surface area contributed by atoms with E-state index in [0.717, 1.165) is 0 Å². The Morgan fingerprint density at radius 2 is 2.28 bits per heavy atom. The molecule has 1 aromatic carbocycles. The van der Waals surface area contributed by atoms with E-state index in [4.69, 9.17) is 10.5 Å². The van der Waals surface area contributed by atoms with E-state index in [-0.39, 0.29) is 18.1 Å². The van der Waals surface area contributed by atoms with Gasteiger partial charge in [0.15, 0.2) is 0 Å². The first-order valence-corrected chi connectivity index (χ1v) is 5.55. The Bertz CT molecular complexity index is 412. The van der Waals surface area contributed by atoms with Crippen LogP contribution in [0.3, 0.4) is 0 Å². The fourth-order valence-electron chi connectivity index (χ4n) is 1.40. The van der Waals surface area contributed by atoms with Gasteiger partial charge in [-0.3, -0.25) is 9.69 Å². The van der Waals surface area contributed by atoms with Crippen LogP contribution in [0.15, 0.2) is 18.2 Å². The minimum atomic E-state index is -0.503. The van der Waals surface area contributed by atoms with Crippen molar-refractivity contribution in [3.05, 3.63) is 24.0 Å². The van der Waals surface area contributed by atoms with Gasteiger partial charge >= 0.3 is 0 Å². The maximum Gasteiger partial charge on any atom is 0.238 e. The summed E-state index contributed by atoms with van der Waals surface area (Å²) in [5, 5.41) is 2.48. The number of hydrogen-bond donors (Lipinski definition) is 2. The Morgan fingerprint density at radius 3 is 2.94 bits per heavy atom. The molecular weight excluding hydrogens is 237 g/mol. The van der Waals surface area contributed by atoms with Gasteiger partial charge in [0, 0.05) is 19.3 Å². The van der Waals surface area contributed by atoms with Crippen LogP contribution in [0.25, 0.3) is 0 Å². The first-order chi connectivity index (χ1) is 8.52. The standard InChI is InChI=1S/C12H18FN3O2/c1-16(5-6-18-2)8-12(17)15-11-7-9(14)3-4-10(11)13/h3-4,7H,5-6,8,14H2,1-2H3,(H,15,17). The van der Waals surface area contributed by atoms with E-state index < -0.39 is 5.82 Å². The lowest BCUT2D eigenvalue weighted by Crippen LogP contribution is -2.32. The zero-order chi connectivity index (χ0) is 13.5. The monoisotopic (exact) mass is 255 g/mol. The van der Waals surface area contributed by atoms with Gasteiger partial charge in [0.05, 0.1) is 18.8 Å². The van der Waals surface area contributed by atoms with Crippen LogP contribution in [-0.2, 0) is 9.53 Å². The fraction of sp³-hybridized carbons (Fsp3) is 0.417. The molecule has 0 heterocycles. The van der Waals surface area contributed by atoms with Gasteiger partial charge in [-0.05, 0) is 25.2 Å². The number of nitrogens with two attached hydrogens (primary N) is 1. The third kappa shape index (κ3) is 4.68. The van der Waals surface area contributed by atoms with Crippen LogP contribution in [0.2, 0.25) is 0 Å². The minimum absolute atomic E-state index is 0.0974. The van der Waals surface area contributed by atoms with Crippen molar-refractivity contribution in [1.82, 2.24) is 4.90 Å².